The molecule has 1 atom stereocenters. The SMILES string of the molecule is C[C@@H]([NH2+]CC(=O)NC(=O)Nc1ccccc1)c1ccc(F)cc1F. The van der Waals surface area contributed by atoms with Gasteiger partial charge in [0.15, 0.2) is 6.54 Å². The van der Waals surface area contributed by atoms with E-state index in [0.717, 1.165) is 12.1 Å². The molecule has 0 fully saturated rings. The van der Waals surface area contributed by atoms with Crippen LogP contribution in [-0.2, 0) is 4.79 Å². The fourth-order valence-corrected chi connectivity index (χ4v) is 2.14. The predicted octanol–water partition coefficient (Wildman–Crippen LogP) is 1.94. The molecule has 0 aliphatic rings. The summed E-state index contributed by atoms with van der Waals surface area (Å²) in [5.74, 6) is -1.84. The first-order valence-electron chi connectivity index (χ1n) is 7.40. The third-order valence-electron chi connectivity index (χ3n) is 3.39. The molecule has 2 aromatic rings. The minimum Gasteiger partial charge on any atom is -0.332 e. The van der Waals surface area contributed by atoms with Crippen LogP contribution in [0.25, 0.3) is 0 Å². The Morgan fingerprint density at radius 2 is 1.83 bits per heavy atom. The quantitative estimate of drug-likeness (QED) is 0.782. The minimum absolute atomic E-state index is 0.0693. The zero-order valence-electron chi connectivity index (χ0n) is 13.1. The lowest BCUT2D eigenvalue weighted by Crippen LogP contribution is -2.87. The molecule has 0 aromatic heterocycles. The van der Waals surface area contributed by atoms with Crippen LogP contribution in [0.4, 0.5) is 19.3 Å². The Morgan fingerprint density at radius 1 is 1.12 bits per heavy atom. The Morgan fingerprint density at radius 3 is 2.50 bits per heavy atom. The Kier molecular flexibility index (Phi) is 5.97. The van der Waals surface area contributed by atoms with Gasteiger partial charge >= 0.3 is 6.03 Å². The fraction of sp³-hybridized carbons (Fsp3) is 0.176. The van der Waals surface area contributed by atoms with E-state index in [1.807, 2.05) is 0 Å². The highest BCUT2D eigenvalue weighted by Gasteiger charge is 2.17. The van der Waals surface area contributed by atoms with Gasteiger partial charge in [-0.3, -0.25) is 10.1 Å². The molecule has 0 spiro atoms. The van der Waals surface area contributed by atoms with Crippen LogP contribution in [0.1, 0.15) is 18.5 Å². The normalized spacial score (nSPS) is 11.6. The summed E-state index contributed by atoms with van der Waals surface area (Å²) in [5, 5.41) is 6.26. The highest BCUT2D eigenvalue weighted by molar-refractivity contribution is 6.01. The van der Waals surface area contributed by atoms with E-state index in [1.54, 1.807) is 42.6 Å². The maximum Gasteiger partial charge on any atom is 0.326 e. The zero-order chi connectivity index (χ0) is 17.5. The molecule has 0 unspecified atom stereocenters. The number of para-hydroxylation sites is 1. The summed E-state index contributed by atoms with van der Waals surface area (Å²) in [6.45, 7) is 1.62. The number of rotatable bonds is 5. The molecular weight excluding hydrogens is 316 g/mol. The first-order valence-corrected chi connectivity index (χ1v) is 7.40. The van der Waals surface area contributed by atoms with Crippen LogP contribution < -0.4 is 16.0 Å². The number of hydrogen-bond acceptors (Lipinski definition) is 2. The van der Waals surface area contributed by atoms with Gasteiger partial charge in [-0.2, -0.15) is 0 Å². The second kappa shape index (κ2) is 8.16. The number of nitrogens with one attached hydrogen (secondary N) is 2. The van der Waals surface area contributed by atoms with Gasteiger partial charge in [-0.1, -0.05) is 18.2 Å². The molecule has 0 aliphatic carbocycles. The van der Waals surface area contributed by atoms with Gasteiger partial charge in [-0.15, -0.1) is 0 Å². The maximum absolute atomic E-state index is 13.7. The summed E-state index contributed by atoms with van der Waals surface area (Å²) in [6.07, 6.45) is 0. The molecule has 2 aromatic carbocycles. The highest BCUT2D eigenvalue weighted by atomic mass is 19.1. The minimum atomic E-state index is -0.666. The van der Waals surface area contributed by atoms with Gasteiger partial charge in [0.05, 0.1) is 0 Å². The summed E-state index contributed by atoms with van der Waals surface area (Å²) in [7, 11) is 0. The number of imide groups is 1. The fourth-order valence-electron chi connectivity index (χ4n) is 2.14. The third-order valence-corrected chi connectivity index (χ3v) is 3.39. The Bertz CT molecular complexity index is 723. The van der Waals surface area contributed by atoms with Crippen LogP contribution in [0.2, 0.25) is 0 Å². The molecule has 0 saturated heterocycles. The van der Waals surface area contributed by atoms with Gasteiger partial charge in [0.2, 0.25) is 0 Å². The van der Waals surface area contributed by atoms with E-state index < -0.39 is 29.6 Å². The van der Waals surface area contributed by atoms with Crippen molar-refractivity contribution in [1.29, 1.82) is 0 Å². The molecule has 4 N–H and O–H groups in total. The van der Waals surface area contributed by atoms with Crippen LogP contribution in [0.5, 0.6) is 0 Å². The first kappa shape index (κ1) is 17.6. The van der Waals surface area contributed by atoms with E-state index in [1.165, 1.54) is 6.07 Å². The summed E-state index contributed by atoms with van der Waals surface area (Å²) in [6, 6.07) is 11.0. The van der Waals surface area contributed by atoms with Gasteiger partial charge in [0.1, 0.15) is 17.7 Å². The lowest BCUT2D eigenvalue weighted by atomic mass is 10.1. The summed E-state index contributed by atoms with van der Waals surface area (Å²) in [4.78, 5) is 23.4. The van der Waals surface area contributed by atoms with Crippen molar-refractivity contribution in [3.63, 3.8) is 0 Å². The molecule has 3 amide bonds. The number of halogens is 2. The van der Waals surface area contributed by atoms with Gasteiger partial charge in [-0.05, 0) is 31.2 Å². The Labute approximate surface area is 138 Å². The zero-order valence-corrected chi connectivity index (χ0v) is 13.1. The van der Waals surface area contributed by atoms with Crippen LogP contribution >= 0.6 is 0 Å². The molecular formula is C17H18F2N3O2+. The van der Waals surface area contributed by atoms with Crippen molar-refractivity contribution in [2.24, 2.45) is 0 Å². The molecule has 0 saturated carbocycles. The molecule has 0 bridgehead atoms. The molecule has 0 radical (unpaired) electrons. The number of hydrogen-bond donors (Lipinski definition) is 3. The van der Waals surface area contributed by atoms with Crippen LogP contribution in [0, 0.1) is 11.6 Å². The number of benzene rings is 2. The number of quaternary nitrogens is 1. The van der Waals surface area contributed by atoms with Crippen LogP contribution in [-0.4, -0.2) is 18.5 Å². The topological polar surface area (TPSA) is 74.8 Å². The largest absolute Gasteiger partial charge is 0.332 e. The first-order chi connectivity index (χ1) is 11.5. The van der Waals surface area contributed by atoms with Crippen molar-refractivity contribution < 1.29 is 23.7 Å². The van der Waals surface area contributed by atoms with E-state index in [9.17, 15) is 18.4 Å². The molecule has 5 nitrogen and oxygen atoms in total. The monoisotopic (exact) mass is 334 g/mol. The van der Waals surface area contributed by atoms with E-state index in [0.29, 0.717) is 5.69 Å². The highest BCUT2D eigenvalue weighted by Crippen LogP contribution is 2.14. The maximum atomic E-state index is 13.7. The third kappa shape index (κ3) is 5.13. The number of amides is 3. The van der Waals surface area contributed by atoms with E-state index in [-0.39, 0.29) is 12.1 Å². The summed E-state index contributed by atoms with van der Waals surface area (Å²) in [5.41, 5.74) is 0.853. The van der Waals surface area contributed by atoms with E-state index >= 15 is 0 Å². The molecule has 24 heavy (non-hydrogen) atoms. The van der Waals surface area contributed by atoms with Gasteiger partial charge in [-0.25, -0.2) is 13.6 Å². The average molecular weight is 334 g/mol. The number of nitrogens with two attached hydrogens (primary N) is 1. The van der Waals surface area contributed by atoms with Crippen molar-refractivity contribution in [3.8, 4) is 0 Å². The molecule has 0 aliphatic heterocycles. The van der Waals surface area contributed by atoms with E-state index in [2.05, 4.69) is 10.6 Å². The van der Waals surface area contributed by atoms with Crippen molar-refractivity contribution in [1.82, 2.24) is 5.32 Å². The average Bonchev–Trinajstić information content (AvgIpc) is 2.53. The Balaban J connectivity index is 1.81. The number of anilines is 1. The number of carbonyl (C=O) groups is 2. The van der Waals surface area contributed by atoms with Crippen molar-refractivity contribution in [3.05, 3.63) is 65.7 Å². The van der Waals surface area contributed by atoms with Crippen molar-refractivity contribution >= 4 is 17.6 Å². The van der Waals surface area contributed by atoms with Crippen molar-refractivity contribution in [2.75, 3.05) is 11.9 Å². The van der Waals surface area contributed by atoms with Gasteiger partial charge in [0.25, 0.3) is 5.91 Å². The molecule has 0 heterocycles. The molecule has 2 rings (SSSR count). The summed E-state index contributed by atoms with van der Waals surface area (Å²) >= 11 is 0. The molecule has 126 valence electrons. The lowest BCUT2D eigenvalue weighted by molar-refractivity contribution is -0.682. The standard InChI is InChI=1S/C17H17F2N3O2/c1-11(14-8-7-12(18)9-15(14)19)20-10-16(23)22-17(24)21-13-5-3-2-4-6-13/h2-9,11,20H,10H2,1H3,(H2,21,22,23,24)/p+1/t11-/m1/s1. The van der Waals surface area contributed by atoms with Gasteiger partial charge in [0, 0.05) is 17.3 Å². The summed E-state index contributed by atoms with van der Waals surface area (Å²) < 4.78 is 26.5. The van der Waals surface area contributed by atoms with Crippen LogP contribution in [0.3, 0.4) is 0 Å². The lowest BCUT2D eigenvalue weighted by Gasteiger charge is -2.12. The van der Waals surface area contributed by atoms with Gasteiger partial charge < -0.3 is 10.6 Å². The number of urea groups is 1. The predicted molar refractivity (Wildman–Crippen MR) is 85.2 cm³/mol. The Hall–Kier alpha value is -2.80. The van der Waals surface area contributed by atoms with Crippen LogP contribution in [0.15, 0.2) is 48.5 Å². The second-order valence-corrected chi connectivity index (χ2v) is 5.26. The second-order valence-electron chi connectivity index (χ2n) is 5.26. The van der Waals surface area contributed by atoms with E-state index in [4.69, 9.17) is 0 Å². The smallest absolute Gasteiger partial charge is 0.326 e. The molecule has 7 heteroatoms. The number of carbonyl (C=O) groups excluding carboxylic acids is 2. The van der Waals surface area contributed by atoms with Crippen molar-refractivity contribution in [2.45, 2.75) is 13.0 Å².